The van der Waals surface area contributed by atoms with E-state index >= 15 is 0 Å². The van der Waals surface area contributed by atoms with Gasteiger partial charge in [-0.1, -0.05) is 57.2 Å². The topological polar surface area (TPSA) is 296 Å². The number of amides is 5. The van der Waals surface area contributed by atoms with E-state index in [2.05, 4.69) is 47.0 Å². The molecule has 12 N–H and O–H groups in total. The van der Waals surface area contributed by atoms with E-state index in [0.717, 1.165) is 11.1 Å². The molecule has 0 fully saturated rings. The molecule has 3 aromatic carbocycles. The molecule has 350 valence electrons. The highest BCUT2D eigenvalue weighted by Gasteiger charge is 2.36. The van der Waals surface area contributed by atoms with Crippen molar-refractivity contribution in [3.8, 4) is 40.0 Å². The van der Waals surface area contributed by atoms with Crippen molar-refractivity contribution in [1.82, 2.24) is 31.2 Å². The molecule has 5 amide bonds. The first-order valence-electron chi connectivity index (χ1n) is 21.8. The number of carbonyl (C=O) groups is 5. The molecule has 0 radical (unpaired) electrons. The maximum Gasteiger partial charge on any atom is 0.253 e. The summed E-state index contributed by atoms with van der Waals surface area (Å²) >= 11 is 0. The molecular weight excluding hydrogens is 843 g/mol. The maximum atomic E-state index is 14.7. The minimum Gasteiger partial charge on any atom is -0.492 e. The van der Waals surface area contributed by atoms with Gasteiger partial charge in [0.25, 0.3) is 5.91 Å². The van der Waals surface area contributed by atoms with Crippen molar-refractivity contribution in [3.63, 3.8) is 0 Å². The van der Waals surface area contributed by atoms with Gasteiger partial charge < -0.3 is 58.6 Å². The number of nitrogen functional groups attached to an aromatic ring is 1. The molecule has 0 aliphatic carbocycles. The molecule has 0 saturated carbocycles. The quantitative estimate of drug-likeness (QED) is 0.0795. The van der Waals surface area contributed by atoms with Gasteiger partial charge in [0.15, 0.2) is 0 Å². The van der Waals surface area contributed by atoms with Gasteiger partial charge in [0.1, 0.15) is 55.4 Å². The van der Waals surface area contributed by atoms with Crippen molar-refractivity contribution in [3.05, 3.63) is 94.7 Å². The SMILES string of the molecule is Cc1nc(-c2ccc(C(C)(C)C)cc2)c(N)cc1C(=O)NC(CCN)C(=O)N(C)C1C(=O)NC(C)C(=O)NC(C(=O)NCC#N)Cc2ccc(OCCN)c(c2)-c2cc1ccc2OCCN. The van der Waals surface area contributed by atoms with E-state index in [1.807, 2.05) is 30.3 Å². The largest absolute Gasteiger partial charge is 0.492 e. The van der Waals surface area contributed by atoms with Gasteiger partial charge in [-0.2, -0.15) is 5.26 Å². The Kier molecular flexibility index (Phi) is 16.8. The summed E-state index contributed by atoms with van der Waals surface area (Å²) in [4.78, 5) is 76.2. The summed E-state index contributed by atoms with van der Waals surface area (Å²) in [5.74, 6) is -2.64. The van der Waals surface area contributed by atoms with E-state index < -0.39 is 53.7 Å². The summed E-state index contributed by atoms with van der Waals surface area (Å²) in [6.07, 6.45) is -0.0123. The number of ether oxygens (including phenoxy) is 2. The van der Waals surface area contributed by atoms with Crippen molar-refractivity contribution in [2.24, 2.45) is 17.2 Å². The minimum atomic E-state index is -1.41. The first kappa shape index (κ1) is 49.9. The minimum absolute atomic E-state index is 0.00158. The Morgan fingerprint density at radius 3 is 2.15 bits per heavy atom. The summed E-state index contributed by atoms with van der Waals surface area (Å²) in [6, 6.07) is 16.4. The highest BCUT2D eigenvalue weighted by Crippen LogP contribution is 2.40. The third kappa shape index (κ3) is 12.0. The molecule has 1 aromatic heterocycles. The zero-order valence-electron chi connectivity index (χ0n) is 38.3. The molecule has 4 aromatic rings. The molecule has 0 saturated heterocycles. The van der Waals surface area contributed by atoms with Gasteiger partial charge >= 0.3 is 0 Å². The molecule has 4 unspecified atom stereocenters. The summed E-state index contributed by atoms with van der Waals surface area (Å²) in [7, 11) is 1.41. The molecule has 18 heteroatoms. The lowest BCUT2D eigenvalue weighted by Crippen LogP contribution is -2.56. The molecular formula is C48H61N11O7. The van der Waals surface area contributed by atoms with Gasteiger partial charge in [0.2, 0.25) is 23.6 Å². The third-order valence-corrected chi connectivity index (χ3v) is 11.1. The second-order valence-electron chi connectivity index (χ2n) is 17.1. The Balaban J connectivity index is 1.57. The average Bonchev–Trinajstić information content (AvgIpc) is 3.29. The number of aryl methyl sites for hydroxylation is 1. The standard InChI is InChI=1S/C48H61N11O7/c1-27-33(26-36(53)41(55-27)30-8-11-32(12-9-30)48(3,4)5)44(61)57-37(15-16-49)47(64)59(6)42-31-10-14-40(66-22-19-52)35(25-31)34-23-29(7-13-39(34)65-21-18-51)24-38(45(62)54-20-17-50)58-43(60)28(2)56-46(42)63/h7-14,23,25-26,28,37-38,42H,15-16,18-22,24,49,51-53H2,1-6H3,(H,54,62)(H,56,63)(H,57,61)(H,58,60). The number of anilines is 1. The number of likely N-dealkylation sites (N-methyl/N-ethyl adjacent to an activating group) is 1. The number of carbonyl (C=O) groups excluding carboxylic acids is 5. The van der Waals surface area contributed by atoms with Crippen LogP contribution >= 0.6 is 0 Å². The molecule has 5 rings (SSSR count). The molecule has 0 spiro atoms. The van der Waals surface area contributed by atoms with Crippen LogP contribution in [0.15, 0.2) is 66.7 Å². The van der Waals surface area contributed by atoms with Crippen LogP contribution in [0.25, 0.3) is 22.4 Å². The van der Waals surface area contributed by atoms with Crippen molar-refractivity contribution < 1.29 is 33.4 Å². The summed E-state index contributed by atoms with van der Waals surface area (Å²) < 4.78 is 12.2. The van der Waals surface area contributed by atoms with Gasteiger partial charge in [-0.3, -0.25) is 29.0 Å². The Morgan fingerprint density at radius 2 is 1.55 bits per heavy atom. The molecule has 2 heterocycles. The van der Waals surface area contributed by atoms with Crippen molar-refractivity contribution in [2.75, 3.05) is 52.2 Å². The van der Waals surface area contributed by atoms with Gasteiger partial charge in [-0.15, -0.1) is 0 Å². The lowest BCUT2D eigenvalue weighted by atomic mass is 9.86. The fourth-order valence-corrected chi connectivity index (χ4v) is 7.58. The van der Waals surface area contributed by atoms with Crippen LogP contribution < -0.4 is 53.7 Å². The predicted molar refractivity (Wildman–Crippen MR) is 251 cm³/mol. The lowest BCUT2D eigenvalue weighted by Gasteiger charge is -2.32. The average molecular weight is 904 g/mol. The molecule has 18 nitrogen and oxygen atoms in total. The predicted octanol–water partition coefficient (Wildman–Crippen LogP) is 2.11. The Hall–Kier alpha value is -7.07. The fourth-order valence-electron chi connectivity index (χ4n) is 7.58. The van der Waals surface area contributed by atoms with Gasteiger partial charge in [-0.25, -0.2) is 0 Å². The Morgan fingerprint density at radius 1 is 0.909 bits per heavy atom. The van der Waals surface area contributed by atoms with E-state index in [4.69, 9.17) is 37.7 Å². The van der Waals surface area contributed by atoms with Crippen molar-refractivity contribution in [2.45, 2.75) is 77.0 Å². The third-order valence-electron chi connectivity index (χ3n) is 11.1. The van der Waals surface area contributed by atoms with Crippen LogP contribution in [0.1, 0.15) is 72.9 Å². The number of hydrogen-bond acceptors (Lipinski definition) is 13. The highest BCUT2D eigenvalue weighted by molar-refractivity contribution is 6.01. The number of nitriles is 1. The molecule has 4 atom stereocenters. The van der Waals surface area contributed by atoms with Gasteiger partial charge in [-0.05, 0) is 79.3 Å². The molecule has 1 aliphatic heterocycles. The summed E-state index contributed by atoms with van der Waals surface area (Å²) in [5, 5.41) is 19.9. The summed E-state index contributed by atoms with van der Waals surface area (Å²) in [6.45, 7) is 9.80. The normalized spacial score (nSPS) is 16.6. The summed E-state index contributed by atoms with van der Waals surface area (Å²) in [5.41, 5.74) is 29.2. The number of fused-ring (bicyclic) bond motifs is 5. The second kappa shape index (κ2) is 22.2. The lowest BCUT2D eigenvalue weighted by molar-refractivity contribution is -0.141. The zero-order chi connectivity index (χ0) is 48.3. The van der Waals surface area contributed by atoms with E-state index in [9.17, 15) is 24.0 Å². The number of nitrogens with one attached hydrogen (secondary N) is 4. The van der Waals surface area contributed by atoms with Crippen molar-refractivity contribution in [1.29, 1.82) is 5.26 Å². The fraction of sp³-hybridized carbons (Fsp3) is 0.396. The number of nitrogens with two attached hydrogens (primary N) is 4. The number of rotatable bonds is 15. The van der Waals surface area contributed by atoms with Crippen molar-refractivity contribution >= 4 is 35.2 Å². The first-order chi connectivity index (χ1) is 31.4. The van der Waals surface area contributed by atoms with Crippen LogP contribution in [0.4, 0.5) is 5.69 Å². The first-order valence-corrected chi connectivity index (χ1v) is 21.8. The van der Waals surface area contributed by atoms with Crippen LogP contribution in [0.3, 0.4) is 0 Å². The smallest absolute Gasteiger partial charge is 0.253 e. The van der Waals surface area contributed by atoms with Crippen LogP contribution in [0.2, 0.25) is 0 Å². The van der Waals surface area contributed by atoms with E-state index in [-0.39, 0.29) is 68.9 Å². The number of aromatic nitrogens is 1. The van der Waals surface area contributed by atoms with Gasteiger partial charge in [0, 0.05) is 43.2 Å². The van der Waals surface area contributed by atoms with E-state index in [1.54, 1.807) is 43.3 Å². The monoisotopic (exact) mass is 903 g/mol. The van der Waals surface area contributed by atoms with Crippen LogP contribution in [-0.2, 0) is 31.0 Å². The van der Waals surface area contributed by atoms with Crippen LogP contribution in [-0.4, -0.2) is 104 Å². The molecule has 1 aliphatic rings. The maximum absolute atomic E-state index is 14.7. The zero-order valence-corrected chi connectivity index (χ0v) is 38.3. The molecule has 66 heavy (non-hydrogen) atoms. The van der Waals surface area contributed by atoms with E-state index in [0.29, 0.717) is 45.1 Å². The van der Waals surface area contributed by atoms with Crippen LogP contribution in [0, 0.1) is 18.3 Å². The number of pyridine rings is 1. The Bertz CT molecular complexity index is 2460. The second-order valence-corrected chi connectivity index (χ2v) is 17.1. The molecule has 4 bridgehead atoms. The Labute approximate surface area is 385 Å². The highest BCUT2D eigenvalue weighted by atomic mass is 16.5. The number of benzene rings is 3. The van der Waals surface area contributed by atoms with E-state index in [1.165, 1.54) is 24.9 Å². The number of nitrogens with zero attached hydrogens (tertiary/aromatic N) is 3. The van der Waals surface area contributed by atoms with Gasteiger partial charge in [0.05, 0.1) is 28.7 Å². The number of hydrogen-bond donors (Lipinski definition) is 8. The van der Waals surface area contributed by atoms with Crippen LogP contribution in [0.5, 0.6) is 11.5 Å².